The fourth-order valence-electron chi connectivity index (χ4n) is 4.72. The van der Waals surface area contributed by atoms with Gasteiger partial charge < -0.3 is 14.1 Å². The van der Waals surface area contributed by atoms with Crippen LogP contribution in [0.4, 0.5) is 4.79 Å². The molecule has 3 aromatic rings. The van der Waals surface area contributed by atoms with Gasteiger partial charge in [0.25, 0.3) is 0 Å². The molecule has 134 valence electrons. The number of amides is 1. The Morgan fingerprint density at radius 1 is 0.923 bits per heavy atom. The number of benzene rings is 2. The van der Waals surface area contributed by atoms with E-state index in [-0.39, 0.29) is 6.09 Å². The van der Waals surface area contributed by atoms with Crippen LogP contribution in [0.2, 0.25) is 0 Å². The van der Waals surface area contributed by atoms with E-state index in [0.29, 0.717) is 11.2 Å². The van der Waals surface area contributed by atoms with E-state index in [0.717, 1.165) is 47.9 Å². The van der Waals surface area contributed by atoms with E-state index in [1.54, 1.807) is 0 Å². The molecule has 4 heteroatoms. The van der Waals surface area contributed by atoms with Gasteiger partial charge in [0.05, 0.1) is 0 Å². The van der Waals surface area contributed by atoms with Gasteiger partial charge >= 0.3 is 6.09 Å². The molecule has 1 amide bonds. The predicted octanol–water partition coefficient (Wildman–Crippen LogP) is 5.74. The first kappa shape index (κ1) is 15.7. The average Bonchev–Trinajstić information content (AvgIpc) is 3.27. The minimum Gasteiger partial charge on any atom is -0.456 e. The number of fused-ring (bicyclic) bond motifs is 3. The highest BCUT2D eigenvalue weighted by atomic mass is 16.6. The molecule has 5 rings (SSSR count). The maximum Gasteiger partial charge on any atom is 0.415 e. The predicted molar refractivity (Wildman–Crippen MR) is 101 cm³/mol. The third-order valence-electron chi connectivity index (χ3n) is 6.30. The number of para-hydroxylation sites is 1. The van der Waals surface area contributed by atoms with E-state index in [9.17, 15) is 4.79 Å². The first-order valence-corrected chi connectivity index (χ1v) is 9.61. The van der Waals surface area contributed by atoms with Crippen LogP contribution in [-0.4, -0.2) is 24.1 Å². The SMILES string of the molecule is O=C(Oc1ccc2oc3ccccc3c2c1)N1CCC2(CCCC2)CC1. The van der Waals surface area contributed by atoms with Crippen molar-refractivity contribution in [2.75, 3.05) is 13.1 Å². The molecule has 1 aromatic heterocycles. The second kappa shape index (κ2) is 6.04. The van der Waals surface area contributed by atoms with Gasteiger partial charge in [-0.05, 0) is 55.4 Å². The number of piperidine rings is 1. The van der Waals surface area contributed by atoms with E-state index in [4.69, 9.17) is 9.15 Å². The zero-order valence-electron chi connectivity index (χ0n) is 14.9. The molecule has 0 unspecified atom stereocenters. The van der Waals surface area contributed by atoms with E-state index < -0.39 is 0 Å². The van der Waals surface area contributed by atoms with Gasteiger partial charge in [-0.3, -0.25) is 0 Å². The summed E-state index contributed by atoms with van der Waals surface area (Å²) in [5.74, 6) is 0.579. The van der Waals surface area contributed by atoms with Crippen molar-refractivity contribution in [1.82, 2.24) is 4.90 Å². The van der Waals surface area contributed by atoms with Crippen molar-refractivity contribution in [1.29, 1.82) is 0 Å². The topological polar surface area (TPSA) is 42.7 Å². The third-order valence-corrected chi connectivity index (χ3v) is 6.30. The molecule has 1 spiro atoms. The highest BCUT2D eigenvalue weighted by Gasteiger charge is 2.38. The molecule has 1 saturated heterocycles. The van der Waals surface area contributed by atoms with Crippen LogP contribution in [0, 0.1) is 5.41 Å². The Kier molecular flexibility index (Phi) is 3.66. The molecule has 2 heterocycles. The van der Waals surface area contributed by atoms with Crippen LogP contribution in [0.5, 0.6) is 5.75 Å². The van der Waals surface area contributed by atoms with Crippen molar-refractivity contribution in [3.63, 3.8) is 0 Å². The zero-order chi connectivity index (χ0) is 17.6. The highest BCUT2D eigenvalue weighted by Crippen LogP contribution is 2.46. The van der Waals surface area contributed by atoms with Gasteiger partial charge in [-0.1, -0.05) is 31.0 Å². The summed E-state index contributed by atoms with van der Waals surface area (Å²) in [5.41, 5.74) is 2.17. The molecule has 0 radical (unpaired) electrons. The zero-order valence-corrected chi connectivity index (χ0v) is 14.9. The van der Waals surface area contributed by atoms with Crippen LogP contribution in [0.1, 0.15) is 38.5 Å². The number of rotatable bonds is 1. The number of likely N-dealkylation sites (tertiary alicyclic amines) is 1. The van der Waals surface area contributed by atoms with Gasteiger partial charge in [-0.15, -0.1) is 0 Å². The molecule has 1 aliphatic carbocycles. The number of furan rings is 1. The molecule has 2 aliphatic rings. The maximum absolute atomic E-state index is 12.6. The van der Waals surface area contributed by atoms with Crippen LogP contribution in [0.25, 0.3) is 21.9 Å². The first-order valence-electron chi connectivity index (χ1n) is 9.61. The van der Waals surface area contributed by atoms with Gasteiger partial charge in [0, 0.05) is 23.9 Å². The number of hydrogen-bond acceptors (Lipinski definition) is 3. The first-order chi connectivity index (χ1) is 12.7. The lowest BCUT2D eigenvalue weighted by atomic mass is 9.77. The second-order valence-electron chi connectivity index (χ2n) is 7.82. The van der Waals surface area contributed by atoms with Gasteiger partial charge in [-0.25, -0.2) is 4.79 Å². The van der Waals surface area contributed by atoms with E-state index in [1.807, 2.05) is 47.4 Å². The van der Waals surface area contributed by atoms with Gasteiger partial charge in [0.2, 0.25) is 0 Å². The quantitative estimate of drug-likeness (QED) is 0.562. The smallest absolute Gasteiger partial charge is 0.415 e. The number of carbonyl (C=O) groups excluding carboxylic acids is 1. The van der Waals surface area contributed by atoms with E-state index >= 15 is 0 Å². The molecular formula is C22H23NO3. The van der Waals surface area contributed by atoms with Crippen molar-refractivity contribution >= 4 is 28.0 Å². The molecule has 0 bridgehead atoms. The van der Waals surface area contributed by atoms with Crippen LogP contribution >= 0.6 is 0 Å². The molecule has 1 saturated carbocycles. The van der Waals surface area contributed by atoms with Gasteiger partial charge in [0.1, 0.15) is 16.9 Å². The third kappa shape index (κ3) is 2.64. The van der Waals surface area contributed by atoms with Crippen LogP contribution < -0.4 is 4.74 Å². The Morgan fingerprint density at radius 3 is 2.46 bits per heavy atom. The summed E-state index contributed by atoms with van der Waals surface area (Å²) in [4.78, 5) is 14.5. The molecule has 1 aliphatic heterocycles. The number of nitrogens with zero attached hydrogens (tertiary/aromatic N) is 1. The Morgan fingerprint density at radius 2 is 1.65 bits per heavy atom. The van der Waals surface area contributed by atoms with Crippen molar-refractivity contribution in [2.45, 2.75) is 38.5 Å². The molecule has 0 N–H and O–H groups in total. The summed E-state index contributed by atoms with van der Waals surface area (Å²) in [5, 5.41) is 2.02. The fraction of sp³-hybridized carbons (Fsp3) is 0.409. The number of hydrogen-bond donors (Lipinski definition) is 0. The van der Waals surface area contributed by atoms with Gasteiger partial charge in [-0.2, -0.15) is 0 Å². The van der Waals surface area contributed by atoms with E-state index in [2.05, 4.69) is 0 Å². The monoisotopic (exact) mass is 349 g/mol. The molecule has 0 atom stereocenters. The Labute approximate surface area is 152 Å². The normalized spacial score (nSPS) is 19.5. The summed E-state index contributed by atoms with van der Waals surface area (Å²) in [6.45, 7) is 1.63. The lowest BCUT2D eigenvalue weighted by Gasteiger charge is -2.38. The molecule has 4 nitrogen and oxygen atoms in total. The largest absolute Gasteiger partial charge is 0.456 e. The summed E-state index contributed by atoms with van der Waals surface area (Å²) in [6.07, 6.45) is 7.37. The average molecular weight is 349 g/mol. The molecule has 26 heavy (non-hydrogen) atoms. The van der Waals surface area contributed by atoms with Crippen LogP contribution in [-0.2, 0) is 0 Å². The molecule has 2 fully saturated rings. The summed E-state index contributed by atoms with van der Waals surface area (Å²) >= 11 is 0. The Balaban J connectivity index is 1.33. The van der Waals surface area contributed by atoms with Crippen LogP contribution in [0.15, 0.2) is 46.9 Å². The standard InChI is InChI=1S/C22H23NO3/c24-21(23-13-11-22(12-14-23)9-3-4-10-22)25-16-7-8-20-18(15-16)17-5-1-2-6-19(17)26-20/h1-2,5-8,15H,3-4,9-14H2. The number of ether oxygens (including phenoxy) is 1. The fourth-order valence-corrected chi connectivity index (χ4v) is 4.72. The lowest BCUT2D eigenvalue weighted by molar-refractivity contribution is 0.0966. The number of carbonyl (C=O) groups is 1. The second-order valence-corrected chi connectivity index (χ2v) is 7.82. The lowest BCUT2D eigenvalue weighted by Crippen LogP contribution is -2.43. The van der Waals surface area contributed by atoms with Crippen molar-refractivity contribution in [3.8, 4) is 5.75 Å². The van der Waals surface area contributed by atoms with Crippen molar-refractivity contribution in [2.24, 2.45) is 5.41 Å². The minimum absolute atomic E-state index is 0.231. The summed E-state index contributed by atoms with van der Waals surface area (Å²) < 4.78 is 11.5. The molecule has 2 aromatic carbocycles. The Bertz CT molecular complexity index is 958. The molecular weight excluding hydrogens is 326 g/mol. The van der Waals surface area contributed by atoms with Gasteiger partial charge in [0.15, 0.2) is 0 Å². The summed E-state index contributed by atoms with van der Waals surface area (Å²) in [6, 6.07) is 13.5. The van der Waals surface area contributed by atoms with Crippen molar-refractivity contribution in [3.05, 3.63) is 42.5 Å². The van der Waals surface area contributed by atoms with E-state index in [1.165, 1.54) is 25.7 Å². The maximum atomic E-state index is 12.6. The highest BCUT2D eigenvalue weighted by molar-refractivity contribution is 6.05. The summed E-state index contributed by atoms with van der Waals surface area (Å²) in [7, 11) is 0. The minimum atomic E-state index is -0.231. The Hall–Kier alpha value is -2.49. The van der Waals surface area contributed by atoms with Crippen molar-refractivity contribution < 1.29 is 13.9 Å². The van der Waals surface area contributed by atoms with Crippen LogP contribution in [0.3, 0.4) is 0 Å².